The molecule has 2 bridgehead atoms. The minimum atomic E-state index is 0.348. The zero-order valence-corrected chi connectivity index (χ0v) is 14.9. The largest absolute Gasteiger partial charge is 0.493 e. The molecule has 0 saturated carbocycles. The van der Waals surface area contributed by atoms with E-state index in [1.54, 1.807) is 0 Å². The molecular formula is C19H29N3O2. The SMILES string of the molecule is CN=C(NCc1cccc(OCC(C)C)c1)NC1CC2CCC1O2. The van der Waals surface area contributed by atoms with E-state index >= 15 is 0 Å². The molecule has 0 spiro atoms. The molecule has 0 amide bonds. The van der Waals surface area contributed by atoms with Gasteiger partial charge in [-0.2, -0.15) is 0 Å². The molecule has 2 aliphatic heterocycles. The molecule has 1 aromatic carbocycles. The molecule has 2 N–H and O–H groups in total. The molecule has 0 aromatic heterocycles. The summed E-state index contributed by atoms with van der Waals surface area (Å²) in [6.45, 7) is 5.77. The fourth-order valence-corrected chi connectivity index (χ4v) is 3.35. The molecule has 0 radical (unpaired) electrons. The van der Waals surface area contributed by atoms with Gasteiger partial charge < -0.3 is 20.1 Å². The van der Waals surface area contributed by atoms with Crippen molar-refractivity contribution < 1.29 is 9.47 Å². The minimum Gasteiger partial charge on any atom is -0.493 e. The molecule has 2 fully saturated rings. The normalized spacial score (nSPS) is 26.0. The Bertz CT molecular complexity index is 573. The molecule has 2 saturated heterocycles. The summed E-state index contributed by atoms with van der Waals surface area (Å²) in [5.74, 6) is 2.29. The number of hydrogen-bond donors (Lipinski definition) is 2. The van der Waals surface area contributed by atoms with Crippen molar-refractivity contribution in [3.63, 3.8) is 0 Å². The van der Waals surface area contributed by atoms with Crippen LogP contribution in [0.2, 0.25) is 0 Å². The van der Waals surface area contributed by atoms with Crippen LogP contribution in [-0.2, 0) is 11.3 Å². The highest BCUT2D eigenvalue weighted by Gasteiger charge is 2.41. The Morgan fingerprint density at radius 2 is 2.25 bits per heavy atom. The fraction of sp³-hybridized carbons (Fsp3) is 0.632. The van der Waals surface area contributed by atoms with E-state index in [1.807, 2.05) is 19.2 Å². The molecule has 5 nitrogen and oxygen atoms in total. The number of benzene rings is 1. The summed E-state index contributed by atoms with van der Waals surface area (Å²) in [5.41, 5.74) is 1.18. The number of ether oxygens (including phenoxy) is 2. The Balaban J connectivity index is 1.49. The second-order valence-electron chi connectivity index (χ2n) is 7.14. The molecule has 2 aliphatic rings. The number of fused-ring (bicyclic) bond motifs is 2. The van der Waals surface area contributed by atoms with Crippen molar-refractivity contribution in [3.05, 3.63) is 29.8 Å². The van der Waals surface area contributed by atoms with Crippen molar-refractivity contribution in [2.24, 2.45) is 10.9 Å². The molecule has 2 heterocycles. The predicted octanol–water partition coefficient (Wildman–Crippen LogP) is 2.71. The van der Waals surface area contributed by atoms with E-state index in [2.05, 4.69) is 41.6 Å². The molecule has 5 heteroatoms. The number of aliphatic imine (C=N–C) groups is 1. The molecule has 0 aliphatic carbocycles. The van der Waals surface area contributed by atoms with Crippen molar-refractivity contribution in [2.75, 3.05) is 13.7 Å². The van der Waals surface area contributed by atoms with Crippen LogP contribution in [0, 0.1) is 5.92 Å². The monoisotopic (exact) mass is 331 g/mol. The molecule has 132 valence electrons. The van der Waals surface area contributed by atoms with Crippen LogP contribution in [0.25, 0.3) is 0 Å². The third-order valence-electron chi connectivity index (χ3n) is 4.59. The van der Waals surface area contributed by atoms with Gasteiger partial charge in [0.05, 0.1) is 24.9 Å². The van der Waals surface area contributed by atoms with Gasteiger partial charge in [-0.25, -0.2) is 0 Å². The predicted molar refractivity (Wildman–Crippen MR) is 96.4 cm³/mol. The van der Waals surface area contributed by atoms with Gasteiger partial charge in [-0.1, -0.05) is 26.0 Å². The summed E-state index contributed by atoms with van der Waals surface area (Å²) >= 11 is 0. The highest BCUT2D eigenvalue weighted by atomic mass is 16.5. The van der Waals surface area contributed by atoms with Crippen LogP contribution in [0.3, 0.4) is 0 Å². The Morgan fingerprint density at radius 3 is 2.92 bits per heavy atom. The van der Waals surface area contributed by atoms with E-state index in [1.165, 1.54) is 12.0 Å². The fourth-order valence-electron chi connectivity index (χ4n) is 3.35. The molecule has 1 aromatic rings. The van der Waals surface area contributed by atoms with Gasteiger partial charge in [-0.3, -0.25) is 4.99 Å². The van der Waals surface area contributed by atoms with Crippen LogP contribution < -0.4 is 15.4 Å². The summed E-state index contributed by atoms with van der Waals surface area (Å²) < 4.78 is 11.7. The zero-order chi connectivity index (χ0) is 16.9. The Kier molecular flexibility index (Phi) is 5.61. The summed E-state index contributed by atoms with van der Waals surface area (Å²) in [6, 6.07) is 8.61. The number of guanidine groups is 1. The first-order valence-corrected chi connectivity index (χ1v) is 8.98. The van der Waals surface area contributed by atoms with E-state index in [9.17, 15) is 0 Å². The second kappa shape index (κ2) is 7.88. The van der Waals surface area contributed by atoms with E-state index in [0.717, 1.165) is 37.7 Å². The minimum absolute atomic E-state index is 0.348. The van der Waals surface area contributed by atoms with Crippen LogP contribution >= 0.6 is 0 Å². The van der Waals surface area contributed by atoms with Crippen LogP contribution in [0.5, 0.6) is 5.75 Å². The number of nitrogens with zero attached hydrogens (tertiary/aromatic N) is 1. The summed E-state index contributed by atoms with van der Waals surface area (Å²) in [5, 5.41) is 6.90. The van der Waals surface area contributed by atoms with Crippen LogP contribution in [0.15, 0.2) is 29.3 Å². The van der Waals surface area contributed by atoms with E-state index in [0.29, 0.717) is 24.2 Å². The second-order valence-corrected chi connectivity index (χ2v) is 7.14. The van der Waals surface area contributed by atoms with Crippen molar-refractivity contribution >= 4 is 5.96 Å². The number of nitrogens with one attached hydrogen (secondary N) is 2. The van der Waals surface area contributed by atoms with Gasteiger partial charge >= 0.3 is 0 Å². The molecular weight excluding hydrogens is 302 g/mol. The third kappa shape index (κ3) is 4.41. The topological polar surface area (TPSA) is 54.9 Å². The first-order valence-electron chi connectivity index (χ1n) is 8.98. The van der Waals surface area contributed by atoms with E-state index in [-0.39, 0.29) is 0 Å². The van der Waals surface area contributed by atoms with Gasteiger partial charge in [-0.15, -0.1) is 0 Å². The lowest BCUT2D eigenvalue weighted by Crippen LogP contribution is -2.47. The lowest BCUT2D eigenvalue weighted by molar-refractivity contribution is 0.0992. The lowest BCUT2D eigenvalue weighted by Gasteiger charge is -2.22. The molecule has 3 atom stereocenters. The van der Waals surface area contributed by atoms with Crippen molar-refractivity contribution in [3.8, 4) is 5.75 Å². The zero-order valence-electron chi connectivity index (χ0n) is 14.9. The van der Waals surface area contributed by atoms with E-state index in [4.69, 9.17) is 9.47 Å². The molecule has 3 rings (SSSR count). The van der Waals surface area contributed by atoms with Gasteiger partial charge in [0.25, 0.3) is 0 Å². The first-order chi connectivity index (χ1) is 11.6. The van der Waals surface area contributed by atoms with Crippen LogP contribution in [-0.4, -0.2) is 37.9 Å². The summed E-state index contributed by atoms with van der Waals surface area (Å²) in [4.78, 5) is 4.34. The maximum absolute atomic E-state index is 5.89. The number of hydrogen-bond acceptors (Lipinski definition) is 3. The number of rotatable bonds is 6. The standard InChI is InChI=1S/C19H29N3O2/c1-13(2)12-23-15-6-4-5-14(9-15)11-21-19(20-3)22-17-10-16-7-8-18(17)24-16/h4-6,9,13,16-18H,7-8,10-12H2,1-3H3,(H2,20,21,22). The van der Waals surface area contributed by atoms with E-state index < -0.39 is 0 Å². The smallest absolute Gasteiger partial charge is 0.191 e. The van der Waals surface area contributed by atoms with Gasteiger partial charge in [0.2, 0.25) is 0 Å². The van der Waals surface area contributed by atoms with Gasteiger partial charge in [-0.05, 0) is 42.9 Å². The first kappa shape index (κ1) is 17.1. The van der Waals surface area contributed by atoms with Crippen LogP contribution in [0.4, 0.5) is 0 Å². The summed E-state index contributed by atoms with van der Waals surface area (Å²) in [6.07, 6.45) is 4.25. The van der Waals surface area contributed by atoms with Gasteiger partial charge in [0.1, 0.15) is 5.75 Å². The maximum atomic E-state index is 5.89. The summed E-state index contributed by atoms with van der Waals surface area (Å²) in [7, 11) is 1.81. The molecule has 24 heavy (non-hydrogen) atoms. The van der Waals surface area contributed by atoms with Crippen molar-refractivity contribution in [1.29, 1.82) is 0 Å². The van der Waals surface area contributed by atoms with Gasteiger partial charge in [0, 0.05) is 13.6 Å². The maximum Gasteiger partial charge on any atom is 0.191 e. The average molecular weight is 331 g/mol. The lowest BCUT2D eigenvalue weighted by atomic mass is 9.96. The van der Waals surface area contributed by atoms with Crippen molar-refractivity contribution in [2.45, 2.75) is 57.9 Å². The highest BCUT2D eigenvalue weighted by molar-refractivity contribution is 5.80. The molecule has 3 unspecified atom stereocenters. The third-order valence-corrected chi connectivity index (χ3v) is 4.59. The Labute approximate surface area is 144 Å². The van der Waals surface area contributed by atoms with Crippen LogP contribution in [0.1, 0.15) is 38.7 Å². The van der Waals surface area contributed by atoms with Gasteiger partial charge in [0.15, 0.2) is 5.96 Å². The van der Waals surface area contributed by atoms with Crippen molar-refractivity contribution in [1.82, 2.24) is 10.6 Å². The Hall–Kier alpha value is -1.75. The average Bonchev–Trinajstić information content (AvgIpc) is 3.20. The Morgan fingerprint density at radius 1 is 1.38 bits per heavy atom. The highest BCUT2D eigenvalue weighted by Crippen LogP contribution is 2.34. The quantitative estimate of drug-likeness (QED) is 0.622.